The fourth-order valence-electron chi connectivity index (χ4n) is 2.90. The highest BCUT2D eigenvalue weighted by atomic mass is 79.9. The van der Waals surface area contributed by atoms with Crippen LogP contribution in [-0.4, -0.2) is 30.9 Å². The van der Waals surface area contributed by atoms with Gasteiger partial charge >= 0.3 is 5.97 Å². The van der Waals surface area contributed by atoms with Crippen molar-refractivity contribution in [1.29, 1.82) is 0 Å². The molecule has 6 nitrogen and oxygen atoms in total. The van der Waals surface area contributed by atoms with Gasteiger partial charge in [0.1, 0.15) is 0 Å². The monoisotopic (exact) mass is 430 g/mol. The van der Waals surface area contributed by atoms with Gasteiger partial charge in [0.25, 0.3) is 5.91 Å². The Balaban J connectivity index is 1.52. The van der Waals surface area contributed by atoms with Gasteiger partial charge < -0.3 is 15.0 Å². The molecule has 0 spiro atoms. The lowest BCUT2D eigenvalue weighted by atomic mass is 10.1. The van der Waals surface area contributed by atoms with Crippen molar-refractivity contribution in [3.63, 3.8) is 0 Å². The summed E-state index contributed by atoms with van der Waals surface area (Å²) >= 11 is 3.32. The van der Waals surface area contributed by atoms with E-state index >= 15 is 0 Å². The van der Waals surface area contributed by atoms with E-state index in [1.165, 1.54) is 0 Å². The molecule has 1 atom stereocenters. The second-order valence-corrected chi connectivity index (χ2v) is 7.32. The topological polar surface area (TPSA) is 75.7 Å². The van der Waals surface area contributed by atoms with Crippen molar-refractivity contribution < 1.29 is 19.1 Å². The van der Waals surface area contributed by atoms with E-state index in [4.69, 9.17) is 4.74 Å². The van der Waals surface area contributed by atoms with Crippen molar-refractivity contribution in [3.8, 4) is 0 Å². The smallest absolute Gasteiger partial charge is 0.311 e. The van der Waals surface area contributed by atoms with Crippen LogP contribution in [0.15, 0.2) is 53.0 Å². The van der Waals surface area contributed by atoms with Gasteiger partial charge in [-0.3, -0.25) is 14.4 Å². The van der Waals surface area contributed by atoms with Gasteiger partial charge in [0.05, 0.1) is 5.92 Å². The number of amides is 2. The maximum atomic E-state index is 12.2. The molecule has 0 aliphatic carbocycles. The molecule has 2 amide bonds. The van der Waals surface area contributed by atoms with Crippen LogP contribution in [0.1, 0.15) is 12.0 Å². The van der Waals surface area contributed by atoms with Crippen molar-refractivity contribution in [1.82, 2.24) is 0 Å². The Labute approximate surface area is 165 Å². The number of rotatable bonds is 5. The molecule has 3 rings (SSSR count). The third-order valence-corrected chi connectivity index (χ3v) is 4.77. The largest absolute Gasteiger partial charge is 0.455 e. The number of aryl methyl sites for hydroxylation is 1. The maximum Gasteiger partial charge on any atom is 0.311 e. The molecule has 27 heavy (non-hydrogen) atoms. The van der Waals surface area contributed by atoms with Crippen molar-refractivity contribution in [2.45, 2.75) is 13.3 Å². The molecule has 1 aliphatic rings. The van der Waals surface area contributed by atoms with Gasteiger partial charge in [-0.05, 0) is 48.9 Å². The number of benzene rings is 2. The van der Waals surface area contributed by atoms with Gasteiger partial charge in [-0.2, -0.15) is 0 Å². The summed E-state index contributed by atoms with van der Waals surface area (Å²) in [5.41, 5.74) is 2.42. The minimum absolute atomic E-state index is 0.0844. The summed E-state index contributed by atoms with van der Waals surface area (Å²) in [7, 11) is 0. The number of halogens is 1. The predicted octanol–water partition coefficient (Wildman–Crippen LogP) is 3.29. The van der Waals surface area contributed by atoms with E-state index in [0.29, 0.717) is 5.69 Å². The summed E-state index contributed by atoms with van der Waals surface area (Å²) in [5.74, 6) is -1.66. The molecular weight excluding hydrogens is 412 g/mol. The van der Waals surface area contributed by atoms with E-state index in [-0.39, 0.29) is 25.5 Å². The molecule has 1 N–H and O–H groups in total. The molecular formula is C20H19BrN2O4. The lowest BCUT2D eigenvalue weighted by Crippen LogP contribution is -2.28. The van der Waals surface area contributed by atoms with Gasteiger partial charge in [-0.25, -0.2) is 0 Å². The van der Waals surface area contributed by atoms with Crippen LogP contribution in [0.2, 0.25) is 0 Å². The quantitative estimate of drug-likeness (QED) is 0.738. The first-order chi connectivity index (χ1) is 12.9. The van der Waals surface area contributed by atoms with Crippen LogP contribution in [0.25, 0.3) is 0 Å². The molecule has 140 valence electrons. The number of carbonyl (C=O) groups excluding carboxylic acids is 3. The molecule has 0 radical (unpaired) electrons. The zero-order chi connectivity index (χ0) is 19.4. The third-order valence-electron chi connectivity index (χ3n) is 4.25. The van der Waals surface area contributed by atoms with Crippen LogP contribution >= 0.6 is 15.9 Å². The molecule has 1 fully saturated rings. The molecule has 1 saturated heterocycles. The molecule has 2 aromatic rings. The molecule has 1 heterocycles. The molecule has 7 heteroatoms. The number of ether oxygens (including phenoxy) is 1. The molecule has 0 saturated carbocycles. The van der Waals surface area contributed by atoms with E-state index in [1.807, 2.05) is 31.2 Å². The van der Waals surface area contributed by atoms with Crippen LogP contribution in [-0.2, 0) is 19.1 Å². The first-order valence-corrected chi connectivity index (χ1v) is 9.31. The Hall–Kier alpha value is -2.67. The molecule has 2 aromatic carbocycles. The first kappa shape index (κ1) is 19.1. The molecule has 0 aromatic heterocycles. The van der Waals surface area contributed by atoms with Gasteiger partial charge in [0.15, 0.2) is 6.61 Å². The average molecular weight is 431 g/mol. The minimum atomic E-state index is -0.571. The summed E-state index contributed by atoms with van der Waals surface area (Å²) in [6.07, 6.45) is 0.0844. The molecule has 1 aliphatic heterocycles. The minimum Gasteiger partial charge on any atom is -0.455 e. The van der Waals surface area contributed by atoms with Gasteiger partial charge in [0.2, 0.25) is 5.91 Å². The zero-order valence-corrected chi connectivity index (χ0v) is 16.4. The summed E-state index contributed by atoms with van der Waals surface area (Å²) in [5, 5.41) is 2.65. The Morgan fingerprint density at radius 3 is 2.67 bits per heavy atom. The van der Waals surface area contributed by atoms with Crippen LogP contribution in [0.3, 0.4) is 0 Å². The normalized spacial score (nSPS) is 16.3. The number of nitrogens with zero attached hydrogens (tertiary/aromatic N) is 1. The van der Waals surface area contributed by atoms with E-state index in [1.54, 1.807) is 29.2 Å². The summed E-state index contributed by atoms with van der Waals surface area (Å²) in [6.45, 7) is 1.82. The highest BCUT2D eigenvalue weighted by Crippen LogP contribution is 2.26. The van der Waals surface area contributed by atoms with Gasteiger partial charge in [0, 0.05) is 28.8 Å². The van der Waals surface area contributed by atoms with Gasteiger partial charge in [-0.1, -0.05) is 28.1 Å². The van der Waals surface area contributed by atoms with E-state index in [0.717, 1.165) is 15.7 Å². The zero-order valence-electron chi connectivity index (χ0n) is 14.8. The third kappa shape index (κ3) is 4.95. The Morgan fingerprint density at radius 1 is 1.22 bits per heavy atom. The fourth-order valence-corrected chi connectivity index (χ4v) is 3.16. The first-order valence-electron chi connectivity index (χ1n) is 8.51. The van der Waals surface area contributed by atoms with Gasteiger partial charge in [-0.15, -0.1) is 0 Å². The highest BCUT2D eigenvalue weighted by molar-refractivity contribution is 9.10. The Bertz CT molecular complexity index is 867. The summed E-state index contributed by atoms with van der Waals surface area (Å²) < 4.78 is 6.00. The summed E-state index contributed by atoms with van der Waals surface area (Å²) in [4.78, 5) is 38.0. The predicted molar refractivity (Wildman–Crippen MR) is 105 cm³/mol. The average Bonchev–Trinajstić information content (AvgIpc) is 3.03. The SMILES string of the molecule is Cc1cccc(N2C[C@@H](C(=O)OCC(=O)Nc3ccc(Br)cc3)CC2=O)c1. The van der Waals surface area contributed by atoms with E-state index in [9.17, 15) is 14.4 Å². The lowest BCUT2D eigenvalue weighted by molar-refractivity contribution is -0.151. The summed E-state index contributed by atoms with van der Waals surface area (Å²) in [6, 6.07) is 14.6. The van der Waals surface area contributed by atoms with Crippen molar-refractivity contribution in [3.05, 3.63) is 58.6 Å². The van der Waals surface area contributed by atoms with Crippen LogP contribution in [0.4, 0.5) is 11.4 Å². The van der Waals surface area contributed by atoms with Crippen molar-refractivity contribution in [2.75, 3.05) is 23.4 Å². The maximum absolute atomic E-state index is 12.2. The number of hydrogen-bond acceptors (Lipinski definition) is 4. The van der Waals surface area contributed by atoms with E-state index < -0.39 is 17.8 Å². The second kappa shape index (κ2) is 8.35. The highest BCUT2D eigenvalue weighted by Gasteiger charge is 2.36. The lowest BCUT2D eigenvalue weighted by Gasteiger charge is -2.17. The molecule has 0 bridgehead atoms. The van der Waals surface area contributed by atoms with Crippen molar-refractivity contribution in [2.24, 2.45) is 5.92 Å². The second-order valence-electron chi connectivity index (χ2n) is 6.41. The van der Waals surface area contributed by atoms with Crippen LogP contribution in [0, 0.1) is 12.8 Å². The fraction of sp³-hybridized carbons (Fsp3) is 0.250. The number of anilines is 2. The molecule has 0 unspecified atom stereocenters. The van der Waals surface area contributed by atoms with Crippen molar-refractivity contribution >= 4 is 45.1 Å². The number of hydrogen-bond donors (Lipinski definition) is 1. The number of carbonyl (C=O) groups is 3. The Kier molecular flexibility index (Phi) is 5.91. The van der Waals surface area contributed by atoms with Crippen LogP contribution in [0.5, 0.6) is 0 Å². The standard InChI is InChI=1S/C20H19BrN2O4/c1-13-3-2-4-17(9-13)23-11-14(10-19(23)25)20(26)27-12-18(24)22-16-7-5-15(21)6-8-16/h2-9,14H,10-12H2,1H3,(H,22,24)/t14-/m0/s1. The van der Waals surface area contributed by atoms with Crippen LogP contribution < -0.4 is 10.2 Å². The Morgan fingerprint density at radius 2 is 1.96 bits per heavy atom. The van der Waals surface area contributed by atoms with E-state index in [2.05, 4.69) is 21.2 Å². The number of esters is 1. The number of nitrogens with one attached hydrogen (secondary N) is 1.